The van der Waals surface area contributed by atoms with Crippen molar-refractivity contribution in [3.05, 3.63) is 23.7 Å². The normalized spacial score (nSPS) is 19.5. The van der Waals surface area contributed by atoms with E-state index in [1.165, 1.54) is 0 Å². The first-order chi connectivity index (χ1) is 14.2. The van der Waals surface area contributed by atoms with Crippen LogP contribution in [-0.4, -0.2) is 65.3 Å². The molecule has 0 unspecified atom stereocenters. The number of hydrogen-bond donors (Lipinski definition) is 1. The molecule has 1 atom stereocenters. The van der Waals surface area contributed by atoms with E-state index in [-0.39, 0.29) is 12.1 Å². The van der Waals surface area contributed by atoms with Gasteiger partial charge in [-0.25, -0.2) is 14.8 Å². The Morgan fingerprint density at radius 1 is 1.30 bits per heavy atom. The number of ether oxygens (including phenoxy) is 1. The number of anilines is 1. The maximum Gasteiger partial charge on any atom is 0.410 e. The van der Waals surface area contributed by atoms with Gasteiger partial charge in [0, 0.05) is 50.7 Å². The number of rotatable bonds is 3. The molecule has 8 nitrogen and oxygen atoms in total. The second-order valence-corrected chi connectivity index (χ2v) is 9.00. The lowest BCUT2D eigenvalue weighted by molar-refractivity contribution is 0.0258. The minimum atomic E-state index is -0.523. The van der Waals surface area contributed by atoms with Crippen molar-refractivity contribution in [1.29, 1.82) is 5.26 Å². The predicted molar refractivity (Wildman–Crippen MR) is 116 cm³/mol. The Labute approximate surface area is 178 Å². The molecule has 30 heavy (non-hydrogen) atoms. The Morgan fingerprint density at radius 3 is 2.70 bits per heavy atom. The van der Waals surface area contributed by atoms with Crippen molar-refractivity contribution in [2.24, 2.45) is 0 Å². The van der Waals surface area contributed by atoms with E-state index < -0.39 is 5.60 Å². The molecule has 0 saturated carbocycles. The highest BCUT2D eigenvalue weighted by atomic mass is 16.6. The standard InChI is InChI=1S/C22H32N6O2/c1-15(2)19-25-18-8-12-27(21(29)30-22(3,4)5)11-7-17(18)20(26-19)28-13-10-24-16(14-28)6-9-23/h16,24H,1,6-8,10-14H2,2-5H3/t16-/m0/s1. The number of nitriles is 1. The molecule has 2 aliphatic rings. The number of piperazine rings is 1. The van der Waals surface area contributed by atoms with Gasteiger partial charge in [-0.1, -0.05) is 6.58 Å². The SMILES string of the molecule is C=C(C)c1nc2c(c(N3CCN[C@@H](CC#N)C3)n1)CCN(C(=O)OC(C)(C)C)CC2. The zero-order valence-electron chi connectivity index (χ0n) is 18.5. The summed E-state index contributed by atoms with van der Waals surface area (Å²) >= 11 is 0. The molecule has 0 bridgehead atoms. The quantitative estimate of drug-likeness (QED) is 0.815. The van der Waals surface area contributed by atoms with E-state index in [1.807, 2.05) is 27.7 Å². The first kappa shape index (κ1) is 22.0. The van der Waals surface area contributed by atoms with E-state index in [2.05, 4.69) is 22.9 Å². The van der Waals surface area contributed by atoms with Gasteiger partial charge < -0.3 is 19.9 Å². The third-order valence-electron chi connectivity index (χ3n) is 5.25. The Morgan fingerprint density at radius 2 is 2.03 bits per heavy atom. The van der Waals surface area contributed by atoms with Crippen molar-refractivity contribution < 1.29 is 9.53 Å². The van der Waals surface area contributed by atoms with E-state index in [1.54, 1.807) is 4.90 Å². The monoisotopic (exact) mass is 412 g/mol. The van der Waals surface area contributed by atoms with Gasteiger partial charge in [-0.05, 0) is 39.7 Å². The Bertz CT molecular complexity index is 854. The van der Waals surface area contributed by atoms with Crippen molar-refractivity contribution in [2.75, 3.05) is 37.6 Å². The largest absolute Gasteiger partial charge is 0.444 e. The molecule has 0 spiro atoms. The fourth-order valence-electron chi connectivity index (χ4n) is 3.81. The number of fused-ring (bicyclic) bond motifs is 1. The number of aromatic nitrogens is 2. The third-order valence-corrected chi connectivity index (χ3v) is 5.25. The van der Waals surface area contributed by atoms with Crippen molar-refractivity contribution in [2.45, 2.75) is 58.6 Å². The molecule has 0 aliphatic carbocycles. The molecule has 3 heterocycles. The van der Waals surface area contributed by atoms with Crippen LogP contribution in [0.3, 0.4) is 0 Å². The van der Waals surface area contributed by atoms with Gasteiger partial charge >= 0.3 is 6.09 Å². The maximum absolute atomic E-state index is 12.6. The summed E-state index contributed by atoms with van der Waals surface area (Å²) in [5, 5.41) is 12.5. The molecule has 1 N–H and O–H groups in total. The summed E-state index contributed by atoms with van der Waals surface area (Å²) in [5.41, 5.74) is 2.35. The molecule has 0 radical (unpaired) electrons. The van der Waals surface area contributed by atoms with Crippen LogP contribution >= 0.6 is 0 Å². The highest BCUT2D eigenvalue weighted by Gasteiger charge is 2.29. The predicted octanol–water partition coefficient (Wildman–Crippen LogP) is 2.54. The first-order valence-electron chi connectivity index (χ1n) is 10.6. The van der Waals surface area contributed by atoms with Crippen LogP contribution < -0.4 is 10.2 Å². The number of carbonyl (C=O) groups is 1. The minimum Gasteiger partial charge on any atom is -0.444 e. The van der Waals surface area contributed by atoms with Crippen molar-refractivity contribution in [3.8, 4) is 6.07 Å². The summed E-state index contributed by atoms with van der Waals surface area (Å²) in [5.74, 6) is 1.55. The van der Waals surface area contributed by atoms with Gasteiger partial charge in [0.15, 0.2) is 5.82 Å². The number of hydrogen-bond acceptors (Lipinski definition) is 7. The zero-order chi connectivity index (χ0) is 21.9. The van der Waals surface area contributed by atoms with Gasteiger partial charge in [0.25, 0.3) is 0 Å². The summed E-state index contributed by atoms with van der Waals surface area (Å²) < 4.78 is 5.57. The lowest BCUT2D eigenvalue weighted by Gasteiger charge is -2.35. The van der Waals surface area contributed by atoms with E-state index in [9.17, 15) is 4.79 Å². The van der Waals surface area contributed by atoms with Crippen molar-refractivity contribution >= 4 is 17.5 Å². The molecule has 0 aromatic carbocycles. The first-order valence-corrected chi connectivity index (χ1v) is 10.6. The molecule has 1 fully saturated rings. The maximum atomic E-state index is 12.6. The molecule has 162 valence electrons. The van der Waals surface area contributed by atoms with E-state index in [0.717, 1.165) is 42.3 Å². The number of allylic oxidation sites excluding steroid dienone is 1. The van der Waals surface area contributed by atoms with Gasteiger partial charge in [-0.3, -0.25) is 0 Å². The van der Waals surface area contributed by atoms with Crippen LogP contribution in [0.25, 0.3) is 5.57 Å². The fraction of sp³-hybridized carbons (Fsp3) is 0.636. The lowest BCUT2D eigenvalue weighted by Crippen LogP contribution is -2.51. The highest BCUT2D eigenvalue weighted by Crippen LogP contribution is 2.28. The van der Waals surface area contributed by atoms with Crippen LogP contribution in [0.1, 0.15) is 51.2 Å². The van der Waals surface area contributed by atoms with Gasteiger partial charge in [0.1, 0.15) is 11.4 Å². The second-order valence-electron chi connectivity index (χ2n) is 9.00. The molecular weight excluding hydrogens is 380 g/mol. The summed E-state index contributed by atoms with van der Waals surface area (Å²) in [6, 6.07) is 2.37. The minimum absolute atomic E-state index is 0.117. The molecule has 1 amide bonds. The fourth-order valence-corrected chi connectivity index (χ4v) is 3.81. The average Bonchev–Trinajstić information content (AvgIpc) is 2.89. The number of nitrogens with one attached hydrogen (secondary N) is 1. The molecule has 1 aromatic heterocycles. The molecule has 1 aromatic rings. The van der Waals surface area contributed by atoms with Crippen LogP contribution in [0.2, 0.25) is 0 Å². The third kappa shape index (κ3) is 5.28. The van der Waals surface area contributed by atoms with Crippen LogP contribution in [0.15, 0.2) is 6.58 Å². The Balaban J connectivity index is 1.88. The lowest BCUT2D eigenvalue weighted by atomic mass is 10.1. The molecule has 2 aliphatic heterocycles. The van der Waals surface area contributed by atoms with Crippen LogP contribution in [0, 0.1) is 11.3 Å². The average molecular weight is 413 g/mol. The van der Waals surface area contributed by atoms with Gasteiger partial charge in [-0.15, -0.1) is 0 Å². The van der Waals surface area contributed by atoms with Gasteiger partial charge in [0.2, 0.25) is 0 Å². The zero-order valence-corrected chi connectivity index (χ0v) is 18.5. The number of nitrogens with zero attached hydrogens (tertiary/aromatic N) is 5. The van der Waals surface area contributed by atoms with Crippen LogP contribution in [0.5, 0.6) is 0 Å². The summed E-state index contributed by atoms with van der Waals surface area (Å²) in [6.45, 7) is 15.0. The Kier molecular flexibility index (Phi) is 6.61. The highest BCUT2D eigenvalue weighted by molar-refractivity contribution is 5.68. The van der Waals surface area contributed by atoms with E-state index >= 15 is 0 Å². The summed E-state index contributed by atoms with van der Waals surface area (Å²) in [7, 11) is 0. The van der Waals surface area contributed by atoms with Gasteiger partial charge in [-0.2, -0.15) is 5.26 Å². The summed E-state index contributed by atoms with van der Waals surface area (Å²) in [6.07, 6.45) is 1.50. The van der Waals surface area contributed by atoms with E-state index in [4.69, 9.17) is 20.0 Å². The molecule has 8 heteroatoms. The number of carbonyl (C=O) groups excluding carboxylic acids is 1. The number of amides is 1. The second kappa shape index (κ2) is 9.00. The van der Waals surface area contributed by atoms with Crippen LogP contribution in [0.4, 0.5) is 10.6 Å². The topological polar surface area (TPSA) is 94.4 Å². The molecular formula is C22H32N6O2. The van der Waals surface area contributed by atoms with Gasteiger partial charge in [0.05, 0.1) is 18.2 Å². The van der Waals surface area contributed by atoms with Crippen molar-refractivity contribution in [3.63, 3.8) is 0 Å². The molecule has 3 rings (SSSR count). The smallest absolute Gasteiger partial charge is 0.410 e. The van der Waals surface area contributed by atoms with Crippen molar-refractivity contribution in [1.82, 2.24) is 20.2 Å². The summed E-state index contributed by atoms with van der Waals surface area (Å²) in [4.78, 5) is 26.2. The van der Waals surface area contributed by atoms with Crippen LogP contribution in [-0.2, 0) is 17.6 Å². The molecule has 1 saturated heterocycles. The Hall–Kier alpha value is -2.66. The van der Waals surface area contributed by atoms with E-state index in [0.29, 0.717) is 38.2 Å².